The minimum Gasteiger partial charge on any atom is -0.303 e. The lowest BCUT2D eigenvalue weighted by atomic mass is 10.1. The summed E-state index contributed by atoms with van der Waals surface area (Å²) in [5.41, 5.74) is 0.818. The Bertz CT molecular complexity index is 441. The van der Waals surface area contributed by atoms with Gasteiger partial charge in [0.05, 0.1) is 6.07 Å². The molecule has 1 N–H and O–H groups in total. The van der Waals surface area contributed by atoms with Gasteiger partial charge in [0, 0.05) is 28.1 Å². The molecule has 5 heteroatoms. The zero-order valence-corrected chi connectivity index (χ0v) is 13.6. The zero-order chi connectivity index (χ0) is 14.3. The molecule has 1 aromatic carbocycles. The Morgan fingerprint density at radius 3 is 2.68 bits per heavy atom. The minimum atomic E-state index is -0.374. The second kappa shape index (κ2) is 8.55. The summed E-state index contributed by atoms with van der Waals surface area (Å²) in [4.78, 5) is 2.31. The van der Waals surface area contributed by atoms with E-state index in [1.807, 2.05) is 12.1 Å². The molecule has 0 aliphatic carbocycles. The van der Waals surface area contributed by atoms with Crippen molar-refractivity contribution in [1.82, 2.24) is 10.2 Å². The van der Waals surface area contributed by atoms with Crippen LogP contribution in [0.4, 0.5) is 0 Å². The first-order chi connectivity index (χ1) is 9.12. The predicted octanol–water partition coefficient (Wildman–Crippen LogP) is 3.60. The fourth-order valence-corrected chi connectivity index (χ4v) is 2.47. The smallest absolute Gasteiger partial charge is 0.122 e. The number of likely N-dealkylation sites (N-methyl/N-ethyl adjacent to an activating group) is 1. The van der Waals surface area contributed by atoms with E-state index in [0.29, 0.717) is 5.02 Å². The number of benzene rings is 1. The van der Waals surface area contributed by atoms with Gasteiger partial charge in [-0.05, 0) is 31.3 Å². The molecule has 1 unspecified atom stereocenters. The molecular weight excluding hydrogens is 326 g/mol. The first-order valence-corrected chi connectivity index (χ1v) is 7.59. The van der Waals surface area contributed by atoms with Gasteiger partial charge in [0.15, 0.2) is 0 Å². The molecule has 3 nitrogen and oxygen atoms in total. The first kappa shape index (κ1) is 16.5. The Kier molecular flexibility index (Phi) is 7.40. The van der Waals surface area contributed by atoms with Crippen LogP contribution in [0.1, 0.15) is 25.5 Å². The van der Waals surface area contributed by atoms with Crippen molar-refractivity contribution >= 4 is 27.5 Å². The van der Waals surface area contributed by atoms with Crippen molar-refractivity contribution < 1.29 is 0 Å². The summed E-state index contributed by atoms with van der Waals surface area (Å²) in [7, 11) is 0. The SMILES string of the molecule is CCN(CC)CCNC(C#N)c1cc(Br)ccc1Cl. The lowest BCUT2D eigenvalue weighted by molar-refractivity contribution is 0.300. The lowest BCUT2D eigenvalue weighted by Crippen LogP contribution is -2.33. The van der Waals surface area contributed by atoms with E-state index < -0.39 is 0 Å². The van der Waals surface area contributed by atoms with E-state index in [1.54, 1.807) is 6.07 Å². The van der Waals surface area contributed by atoms with E-state index in [0.717, 1.165) is 36.2 Å². The maximum atomic E-state index is 9.27. The van der Waals surface area contributed by atoms with Crippen molar-refractivity contribution in [2.24, 2.45) is 0 Å². The standard InChI is InChI=1S/C14H19BrClN3/c1-3-19(4-2)8-7-18-14(10-17)12-9-11(15)5-6-13(12)16/h5-6,9,14,18H,3-4,7-8H2,1-2H3. The van der Waals surface area contributed by atoms with E-state index in [-0.39, 0.29) is 6.04 Å². The molecule has 0 aromatic heterocycles. The van der Waals surface area contributed by atoms with E-state index in [4.69, 9.17) is 11.6 Å². The maximum absolute atomic E-state index is 9.27. The van der Waals surface area contributed by atoms with Gasteiger partial charge in [-0.25, -0.2) is 0 Å². The van der Waals surface area contributed by atoms with Crippen LogP contribution in [0, 0.1) is 11.3 Å². The van der Waals surface area contributed by atoms with Gasteiger partial charge in [-0.3, -0.25) is 5.32 Å². The lowest BCUT2D eigenvalue weighted by Gasteiger charge is -2.20. The summed E-state index contributed by atoms with van der Waals surface area (Å²) in [5.74, 6) is 0. The highest BCUT2D eigenvalue weighted by atomic mass is 79.9. The molecule has 0 amide bonds. The minimum absolute atomic E-state index is 0.374. The highest BCUT2D eigenvalue weighted by molar-refractivity contribution is 9.10. The Morgan fingerprint density at radius 1 is 1.42 bits per heavy atom. The molecule has 19 heavy (non-hydrogen) atoms. The van der Waals surface area contributed by atoms with Gasteiger partial charge in [0.2, 0.25) is 0 Å². The van der Waals surface area contributed by atoms with Gasteiger partial charge in [-0.1, -0.05) is 41.4 Å². The summed E-state index contributed by atoms with van der Waals surface area (Å²) >= 11 is 9.55. The number of nitrogens with one attached hydrogen (secondary N) is 1. The van der Waals surface area contributed by atoms with E-state index in [9.17, 15) is 5.26 Å². The second-order valence-corrected chi connectivity index (χ2v) is 5.53. The van der Waals surface area contributed by atoms with E-state index in [1.165, 1.54) is 0 Å². The van der Waals surface area contributed by atoms with E-state index in [2.05, 4.69) is 46.1 Å². The van der Waals surface area contributed by atoms with Crippen molar-refractivity contribution in [3.05, 3.63) is 33.3 Å². The summed E-state index contributed by atoms with van der Waals surface area (Å²) in [6, 6.07) is 7.45. The molecule has 1 rings (SSSR count). The van der Waals surface area contributed by atoms with E-state index >= 15 is 0 Å². The highest BCUT2D eigenvalue weighted by Gasteiger charge is 2.14. The number of rotatable bonds is 7. The number of nitriles is 1. The fourth-order valence-electron chi connectivity index (χ4n) is 1.87. The van der Waals surface area contributed by atoms with Crippen molar-refractivity contribution in [2.75, 3.05) is 26.2 Å². The summed E-state index contributed by atoms with van der Waals surface area (Å²) < 4.78 is 0.928. The van der Waals surface area contributed by atoms with Crippen molar-refractivity contribution in [3.8, 4) is 6.07 Å². The third-order valence-electron chi connectivity index (χ3n) is 3.07. The van der Waals surface area contributed by atoms with Crippen molar-refractivity contribution in [1.29, 1.82) is 5.26 Å². The average molecular weight is 345 g/mol. The molecular formula is C14H19BrClN3. The number of hydrogen-bond acceptors (Lipinski definition) is 3. The van der Waals surface area contributed by atoms with Gasteiger partial charge in [-0.15, -0.1) is 0 Å². The largest absolute Gasteiger partial charge is 0.303 e. The van der Waals surface area contributed by atoms with Crippen molar-refractivity contribution in [3.63, 3.8) is 0 Å². The molecule has 104 valence electrons. The molecule has 0 saturated carbocycles. The molecule has 0 aliphatic rings. The topological polar surface area (TPSA) is 39.1 Å². The Morgan fingerprint density at radius 2 is 2.11 bits per heavy atom. The molecule has 0 heterocycles. The second-order valence-electron chi connectivity index (χ2n) is 4.21. The van der Waals surface area contributed by atoms with Crippen LogP contribution in [0.3, 0.4) is 0 Å². The third-order valence-corrected chi connectivity index (χ3v) is 3.91. The Labute approximate surface area is 128 Å². The van der Waals surface area contributed by atoms with Crippen LogP contribution in [0.5, 0.6) is 0 Å². The normalized spacial score (nSPS) is 12.4. The zero-order valence-electron chi connectivity index (χ0n) is 11.3. The predicted molar refractivity (Wildman–Crippen MR) is 83.3 cm³/mol. The third kappa shape index (κ3) is 5.12. The van der Waals surface area contributed by atoms with Gasteiger partial charge >= 0.3 is 0 Å². The molecule has 1 aromatic rings. The molecule has 0 spiro atoms. The van der Waals surface area contributed by atoms with Crippen LogP contribution in [-0.4, -0.2) is 31.1 Å². The Balaban J connectivity index is 2.64. The van der Waals surface area contributed by atoms with Gasteiger partial charge in [0.1, 0.15) is 6.04 Å². The quantitative estimate of drug-likeness (QED) is 0.821. The summed E-state index contributed by atoms with van der Waals surface area (Å²) in [5, 5.41) is 13.1. The molecule has 0 bridgehead atoms. The number of nitrogens with zero attached hydrogens (tertiary/aromatic N) is 2. The monoisotopic (exact) mass is 343 g/mol. The molecule has 0 fully saturated rings. The summed E-state index contributed by atoms with van der Waals surface area (Å²) in [6.45, 7) is 8.01. The van der Waals surface area contributed by atoms with Crippen LogP contribution >= 0.6 is 27.5 Å². The maximum Gasteiger partial charge on any atom is 0.122 e. The number of hydrogen-bond donors (Lipinski definition) is 1. The van der Waals surface area contributed by atoms with Gasteiger partial charge < -0.3 is 4.90 Å². The van der Waals surface area contributed by atoms with Crippen LogP contribution < -0.4 is 5.32 Å². The molecule has 0 saturated heterocycles. The van der Waals surface area contributed by atoms with Crippen molar-refractivity contribution in [2.45, 2.75) is 19.9 Å². The average Bonchev–Trinajstić information content (AvgIpc) is 2.42. The first-order valence-electron chi connectivity index (χ1n) is 6.42. The van der Waals surface area contributed by atoms with Crippen LogP contribution in [0.2, 0.25) is 5.02 Å². The Hall–Kier alpha value is -0.600. The van der Waals surface area contributed by atoms with Gasteiger partial charge in [0.25, 0.3) is 0 Å². The highest BCUT2D eigenvalue weighted by Crippen LogP contribution is 2.26. The van der Waals surface area contributed by atoms with Crippen LogP contribution in [0.25, 0.3) is 0 Å². The molecule has 1 atom stereocenters. The summed E-state index contributed by atoms with van der Waals surface area (Å²) in [6.07, 6.45) is 0. The fraction of sp³-hybridized carbons (Fsp3) is 0.500. The molecule has 0 radical (unpaired) electrons. The molecule has 0 aliphatic heterocycles. The van der Waals surface area contributed by atoms with Crippen LogP contribution in [0.15, 0.2) is 22.7 Å². The number of halogens is 2. The van der Waals surface area contributed by atoms with Gasteiger partial charge in [-0.2, -0.15) is 5.26 Å². The van der Waals surface area contributed by atoms with Crippen LogP contribution in [-0.2, 0) is 0 Å².